The lowest BCUT2D eigenvalue weighted by Crippen LogP contribution is -2.37. The van der Waals surface area contributed by atoms with Gasteiger partial charge < -0.3 is 5.11 Å². The van der Waals surface area contributed by atoms with Gasteiger partial charge in [0.25, 0.3) is 0 Å². The summed E-state index contributed by atoms with van der Waals surface area (Å²) in [5.74, 6) is 0. The third-order valence-electron chi connectivity index (χ3n) is 3.12. The second kappa shape index (κ2) is 2.78. The Balaban J connectivity index is 2.15. The molecule has 12 heavy (non-hydrogen) atoms. The van der Waals surface area contributed by atoms with E-state index < -0.39 is 5.60 Å². The molecule has 1 nitrogen and oxygen atoms in total. The highest BCUT2D eigenvalue weighted by Crippen LogP contribution is 2.49. The fourth-order valence-corrected chi connectivity index (χ4v) is 4.10. The van der Waals surface area contributed by atoms with Gasteiger partial charge in [-0.25, -0.2) is 0 Å². The topological polar surface area (TPSA) is 20.2 Å². The van der Waals surface area contributed by atoms with Crippen molar-refractivity contribution in [3.05, 3.63) is 12.2 Å². The Bertz CT molecular complexity index is 200. The summed E-state index contributed by atoms with van der Waals surface area (Å²) in [5, 5.41) is 11.6. The van der Waals surface area contributed by atoms with E-state index in [0.717, 1.165) is 18.4 Å². The summed E-state index contributed by atoms with van der Waals surface area (Å²) >= 11 is 2.07. The van der Waals surface area contributed by atoms with Crippen molar-refractivity contribution in [1.82, 2.24) is 0 Å². The van der Waals surface area contributed by atoms with E-state index >= 15 is 0 Å². The van der Waals surface area contributed by atoms with E-state index in [1.165, 1.54) is 12.8 Å². The molecule has 0 aromatic carbocycles. The van der Waals surface area contributed by atoms with E-state index in [-0.39, 0.29) is 0 Å². The van der Waals surface area contributed by atoms with Crippen LogP contribution in [0.2, 0.25) is 0 Å². The van der Waals surface area contributed by atoms with Crippen LogP contribution in [-0.2, 0) is 0 Å². The van der Waals surface area contributed by atoms with Crippen molar-refractivity contribution >= 4 is 11.8 Å². The molecule has 0 aromatic heterocycles. The highest BCUT2D eigenvalue weighted by molar-refractivity contribution is 8.00. The van der Waals surface area contributed by atoms with Gasteiger partial charge in [-0.15, -0.1) is 0 Å². The minimum Gasteiger partial charge on any atom is -0.385 e. The zero-order chi connectivity index (χ0) is 8.77. The highest BCUT2D eigenvalue weighted by Gasteiger charge is 2.43. The summed E-state index contributed by atoms with van der Waals surface area (Å²) in [7, 11) is 0. The zero-order valence-electron chi connectivity index (χ0n) is 7.55. The Hall–Kier alpha value is 0.0500. The normalized spacial score (nSPS) is 46.2. The summed E-state index contributed by atoms with van der Waals surface area (Å²) in [4.78, 5) is 0. The fraction of sp³-hybridized carbons (Fsp3) is 0.800. The minimum atomic E-state index is -0.531. The number of hydrogen-bond donors (Lipinski definition) is 1. The second-order valence-electron chi connectivity index (χ2n) is 4.18. The van der Waals surface area contributed by atoms with E-state index in [0.29, 0.717) is 10.5 Å². The summed E-state index contributed by atoms with van der Waals surface area (Å²) in [6.07, 6.45) is 4.46. The van der Waals surface area contributed by atoms with Gasteiger partial charge in [-0.05, 0) is 38.2 Å². The molecule has 2 aliphatic rings. The van der Waals surface area contributed by atoms with Crippen LogP contribution in [0.1, 0.15) is 32.6 Å². The predicted molar refractivity (Wildman–Crippen MR) is 53.4 cm³/mol. The SMILES string of the molecule is C=C(C)C1(O)CC2CCC(C1)S2. The standard InChI is InChI=1S/C10H16OS/c1-7(2)10(11)5-8-3-4-9(6-10)12-8/h8-9,11H,1,3-6H2,2H3. The van der Waals surface area contributed by atoms with Crippen LogP contribution in [-0.4, -0.2) is 21.2 Å². The average molecular weight is 184 g/mol. The molecule has 2 heterocycles. The maximum atomic E-state index is 10.2. The molecule has 2 heteroatoms. The molecule has 2 rings (SSSR count). The predicted octanol–water partition coefficient (Wildman–Crippen LogP) is 2.35. The monoisotopic (exact) mass is 184 g/mol. The van der Waals surface area contributed by atoms with Crippen molar-refractivity contribution in [3.8, 4) is 0 Å². The van der Waals surface area contributed by atoms with Crippen molar-refractivity contribution in [1.29, 1.82) is 0 Å². The van der Waals surface area contributed by atoms with Gasteiger partial charge in [-0.3, -0.25) is 0 Å². The zero-order valence-corrected chi connectivity index (χ0v) is 8.36. The average Bonchev–Trinajstić information content (AvgIpc) is 2.30. The lowest BCUT2D eigenvalue weighted by atomic mass is 9.87. The molecule has 2 saturated heterocycles. The molecule has 0 spiro atoms. The summed E-state index contributed by atoms with van der Waals surface area (Å²) in [6, 6.07) is 0. The van der Waals surface area contributed by atoms with Crippen molar-refractivity contribution in [2.75, 3.05) is 0 Å². The fourth-order valence-electron chi connectivity index (χ4n) is 2.27. The molecule has 2 bridgehead atoms. The smallest absolute Gasteiger partial charge is 0.0872 e. The van der Waals surface area contributed by atoms with Gasteiger partial charge in [0.2, 0.25) is 0 Å². The number of fused-ring (bicyclic) bond motifs is 2. The second-order valence-corrected chi connectivity index (χ2v) is 5.78. The lowest BCUT2D eigenvalue weighted by molar-refractivity contribution is 0.0616. The Morgan fingerprint density at radius 3 is 2.33 bits per heavy atom. The molecular formula is C10H16OS. The van der Waals surface area contributed by atoms with E-state index in [1.54, 1.807) is 0 Å². The first-order chi connectivity index (χ1) is 5.60. The third kappa shape index (κ3) is 1.31. The molecule has 2 atom stereocenters. The van der Waals surface area contributed by atoms with E-state index in [9.17, 15) is 5.11 Å². The molecule has 2 aliphatic heterocycles. The summed E-state index contributed by atoms with van der Waals surface area (Å²) < 4.78 is 0. The van der Waals surface area contributed by atoms with Crippen molar-refractivity contribution in [3.63, 3.8) is 0 Å². The van der Waals surface area contributed by atoms with Gasteiger partial charge in [-0.1, -0.05) is 6.58 Å². The van der Waals surface area contributed by atoms with E-state index in [4.69, 9.17) is 0 Å². The quantitative estimate of drug-likeness (QED) is 0.631. The van der Waals surface area contributed by atoms with Gasteiger partial charge in [0.1, 0.15) is 0 Å². The van der Waals surface area contributed by atoms with Crippen molar-refractivity contribution in [2.45, 2.75) is 48.7 Å². The van der Waals surface area contributed by atoms with Gasteiger partial charge in [-0.2, -0.15) is 11.8 Å². The molecule has 0 amide bonds. The number of rotatable bonds is 1. The molecule has 0 aliphatic carbocycles. The maximum Gasteiger partial charge on any atom is 0.0872 e. The molecule has 1 N–H and O–H groups in total. The molecular weight excluding hydrogens is 168 g/mol. The number of aliphatic hydroxyl groups is 1. The number of hydrogen-bond acceptors (Lipinski definition) is 2. The van der Waals surface area contributed by atoms with Crippen LogP contribution < -0.4 is 0 Å². The van der Waals surface area contributed by atoms with Gasteiger partial charge in [0.15, 0.2) is 0 Å². The Morgan fingerprint density at radius 1 is 1.42 bits per heavy atom. The Labute approximate surface area is 78.2 Å². The van der Waals surface area contributed by atoms with Crippen molar-refractivity contribution in [2.24, 2.45) is 0 Å². The third-order valence-corrected chi connectivity index (χ3v) is 4.70. The van der Waals surface area contributed by atoms with Crippen LogP contribution in [0.4, 0.5) is 0 Å². The molecule has 2 unspecified atom stereocenters. The number of thioether (sulfide) groups is 1. The van der Waals surface area contributed by atoms with E-state index in [1.807, 2.05) is 6.92 Å². The van der Waals surface area contributed by atoms with Gasteiger partial charge >= 0.3 is 0 Å². The van der Waals surface area contributed by atoms with Crippen LogP contribution in [0.15, 0.2) is 12.2 Å². The van der Waals surface area contributed by atoms with Crippen LogP contribution >= 0.6 is 11.8 Å². The summed E-state index contributed by atoms with van der Waals surface area (Å²) in [6.45, 7) is 5.84. The van der Waals surface area contributed by atoms with Crippen LogP contribution in [0.5, 0.6) is 0 Å². The minimum absolute atomic E-state index is 0.531. The molecule has 0 saturated carbocycles. The van der Waals surface area contributed by atoms with Gasteiger partial charge in [0, 0.05) is 10.5 Å². The molecule has 0 radical (unpaired) electrons. The van der Waals surface area contributed by atoms with E-state index in [2.05, 4.69) is 18.3 Å². The van der Waals surface area contributed by atoms with Crippen LogP contribution in [0.25, 0.3) is 0 Å². The van der Waals surface area contributed by atoms with Crippen LogP contribution in [0.3, 0.4) is 0 Å². The first-order valence-corrected chi connectivity index (χ1v) is 5.58. The molecule has 0 aromatic rings. The molecule has 68 valence electrons. The first kappa shape index (κ1) is 8.64. The lowest BCUT2D eigenvalue weighted by Gasteiger charge is -2.36. The van der Waals surface area contributed by atoms with Crippen LogP contribution in [0, 0.1) is 0 Å². The maximum absolute atomic E-state index is 10.2. The first-order valence-electron chi connectivity index (χ1n) is 4.64. The molecule has 2 fully saturated rings. The Kier molecular flexibility index (Phi) is 2.00. The van der Waals surface area contributed by atoms with Crippen molar-refractivity contribution < 1.29 is 5.11 Å². The highest BCUT2D eigenvalue weighted by atomic mass is 32.2. The largest absolute Gasteiger partial charge is 0.385 e. The Morgan fingerprint density at radius 2 is 1.92 bits per heavy atom. The summed E-state index contributed by atoms with van der Waals surface area (Å²) in [5.41, 5.74) is 0.427. The van der Waals surface area contributed by atoms with Gasteiger partial charge in [0.05, 0.1) is 5.60 Å².